The van der Waals surface area contributed by atoms with Crippen LogP contribution in [0.3, 0.4) is 0 Å². The molecule has 14 heavy (non-hydrogen) atoms. The summed E-state index contributed by atoms with van der Waals surface area (Å²) in [6.07, 6.45) is 6.88. The molecule has 0 aliphatic heterocycles. The zero-order chi connectivity index (χ0) is 11.0. The second-order valence-electron chi connectivity index (χ2n) is 4.44. The summed E-state index contributed by atoms with van der Waals surface area (Å²) >= 11 is 0. The van der Waals surface area contributed by atoms with Crippen LogP contribution in [-0.4, -0.2) is 24.4 Å². The molecule has 2 heteroatoms. The molecule has 0 heterocycles. The van der Waals surface area contributed by atoms with Crippen molar-refractivity contribution in [1.29, 1.82) is 0 Å². The van der Waals surface area contributed by atoms with Crippen molar-refractivity contribution in [2.24, 2.45) is 5.92 Å². The van der Waals surface area contributed by atoms with E-state index in [2.05, 4.69) is 20.8 Å². The summed E-state index contributed by atoms with van der Waals surface area (Å²) in [7, 11) is 1.76. The van der Waals surface area contributed by atoms with Crippen molar-refractivity contribution >= 4 is 0 Å². The highest BCUT2D eigenvalue weighted by molar-refractivity contribution is 4.90. The molecule has 1 atom stereocenters. The Labute approximate surface area is 88.0 Å². The van der Waals surface area contributed by atoms with Crippen LogP contribution in [0, 0.1) is 5.92 Å². The minimum Gasteiger partial charge on any atom is -0.392 e. The molecule has 2 nitrogen and oxygen atoms in total. The van der Waals surface area contributed by atoms with Crippen LogP contribution in [0.25, 0.3) is 0 Å². The van der Waals surface area contributed by atoms with Crippen LogP contribution in [0.15, 0.2) is 12.2 Å². The maximum Gasteiger partial charge on any atom is 0.0685 e. The van der Waals surface area contributed by atoms with Gasteiger partial charge < -0.3 is 9.84 Å². The number of rotatable bonds is 7. The van der Waals surface area contributed by atoms with Crippen LogP contribution in [0.1, 0.15) is 40.0 Å². The molecule has 0 aliphatic rings. The Morgan fingerprint density at radius 1 is 1.36 bits per heavy atom. The molecule has 0 radical (unpaired) electrons. The summed E-state index contributed by atoms with van der Waals surface area (Å²) in [5, 5.41) is 8.63. The Morgan fingerprint density at radius 2 is 2.00 bits per heavy atom. The van der Waals surface area contributed by atoms with E-state index in [0.717, 1.165) is 12.8 Å². The number of aliphatic hydroxyl groups is 1. The Kier molecular flexibility index (Phi) is 6.85. The van der Waals surface area contributed by atoms with Gasteiger partial charge in [0.25, 0.3) is 0 Å². The van der Waals surface area contributed by atoms with E-state index in [1.807, 2.05) is 6.08 Å². The third-order valence-electron chi connectivity index (χ3n) is 2.57. The molecule has 0 saturated heterocycles. The summed E-state index contributed by atoms with van der Waals surface area (Å²) in [6, 6.07) is 0. The Morgan fingerprint density at radius 3 is 2.43 bits per heavy atom. The highest BCUT2D eigenvalue weighted by Crippen LogP contribution is 2.23. The summed E-state index contributed by atoms with van der Waals surface area (Å²) < 4.78 is 5.50. The topological polar surface area (TPSA) is 29.5 Å². The van der Waals surface area contributed by atoms with Crippen LogP contribution in [0.5, 0.6) is 0 Å². The second kappa shape index (κ2) is 7.02. The zero-order valence-corrected chi connectivity index (χ0v) is 9.92. The van der Waals surface area contributed by atoms with Crippen LogP contribution in [0.4, 0.5) is 0 Å². The first-order valence-electron chi connectivity index (χ1n) is 5.35. The minimum atomic E-state index is -0.0735. The molecule has 84 valence electrons. The molecule has 0 aromatic carbocycles. The first kappa shape index (κ1) is 13.7. The van der Waals surface area contributed by atoms with Crippen molar-refractivity contribution in [3.05, 3.63) is 12.2 Å². The lowest BCUT2D eigenvalue weighted by molar-refractivity contribution is -0.00258. The van der Waals surface area contributed by atoms with E-state index in [0.29, 0.717) is 5.92 Å². The van der Waals surface area contributed by atoms with Gasteiger partial charge in [0.2, 0.25) is 0 Å². The van der Waals surface area contributed by atoms with Gasteiger partial charge in [-0.15, -0.1) is 0 Å². The third-order valence-corrected chi connectivity index (χ3v) is 2.57. The van der Waals surface area contributed by atoms with Crippen LogP contribution >= 0.6 is 0 Å². The summed E-state index contributed by atoms with van der Waals surface area (Å²) in [5.41, 5.74) is -0.0735. The van der Waals surface area contributed by atoms with Gasteiger partial charge in [-0.25, -0.2) is 0 Å². The Bertz CT molecular complexity index is 164. The lowest BCUT2D eigenvalue weighted by Gasteiger charge is -2.27. The van der Waals surface area contributed by atoms with E-state index in [9.17, 15) is 0 Å². The Balaban J connectivity index is 3.97. The number of ether oxygens (including phenoxy) is 1. The Hall–Kier alpha value is -0.340. The van der Waals surface area contributed by atoms with Crippen molar-refractivity contribution < 1.29 is 9.84 Å². The van der Waals surface area contributed by atoms with Gasteiger partial charge in [-0.2, -0.15) is 0 Å². The monoisotopic (exact) mass is 200 g/mol. The van der Waals surface area contributed by atoms with Gasteiger partial charge in [-0.3, -0.25) is 0 Å². The lowest BCUT2D eigenvalue weighted by atomic mass is 9.92. The molecular weight excluding hydrogens is 176 g/mol. The van der Waals surface area contributed by atoms with E-state index in [1.54, 1.807) is 13.2 Å². The highest BCUT2D eigenvalue weighted by Gasteiger charge is 2.21. The largest absolute Gasteiger partial charge is 0.392 e. The molecule has 0 bridgehead atoms. The molecule has 0 rings (SSSR count). The number of aliphatic hydroxyl groups excluding tert-OH is 1. The fourth-order valence-corrected chi connectivity index (χ4v) is 1.29. The molecule has 0 spiro atoms. The quantitative estimate of drug-likeness (QED) is 0.640. The highest BCUT2D eigenvalue weighted by atomic mass is 16.5. The molecule has 0 fully saturated rings. The summed E-state index contributed by atoms with van der Waals surface area (Å²) in [5.74, 6) is 0.714. The van der Waals surface area contributed by atoms with Gasteiger partial charge in [0, 0.05) is 7.11 Å². The van der Waals surface area contributed by atoms with Crippen LogP contribution in [0.2, 0.25) is 0 Å². The molecule has 1 N–H and O–H groups in total. The molecular formula is C12H24O2. The summed E-state index contributed by atoms with van der Waals surface area (Å²) in [6.45, 7) is 6.68. The molecule has 0 aromatic heterocycles. The van der Waals surface area contributed by atoms with E-state index < -0.39 is 0 Å². The fourth-order valence-electron chi connectivity index (χ4n) is 1.29. The van der Waals surface area contributed by atoms with Gasteiger partial charge in [0.05, 0.1) is 12.2 Å². The van der Waals surface area contributed by atoms with Gasteiger partial charge in [0.15, 0.2) is 0 Å². The number of hydrogen-bond donors (Lipinski definition) is 1. The lowest BCUT2D eigenvalue weighted by Crippen LogP contribution is -2.26. The zero-order valence-electron chi connectivity index (χ0n) is 9.92. The predicted molar refractivity (Wildman–Crippen MR) is 60.3 cm³/mol. The van der Waals surface area contributed by atoms with Crippen molar-refractivity contribution in [1.82, 2.24) is 0 Å². The van der Waals surface area contributed by atoms with Gasteiger partial charge in [0.1, 0.15) is 0 Å². The predicted octanol–water partition coefficient (Wildman–Crippen LogP) is 2.77. The van der Waals surface area contributed by atoms with Crippen LogP contribution in [-0.2, 0) is 4.74 Å². The molecule has 1 unspecified atom stereocenters. The molecule has 0 aliphatic carbocycles. The number of methoxy groups -OCH3 is 1. The third kappa shape index (κ3) is 6.17. The van der Waals surface area contributed by atoms with Crippen LogP contribution < -0.4 is 0 Å². The SMILES string of the molecule is COC(C)(C/C=C/CO)CCC(C)C. The number of hydrogen-bond acceptors (Lipinski definition) is 2. The maximum absolute atomic E-state index is 8.63. The van der Waals surface area contributed by atoms with E-state index in [-0.39, 0.29) is 12.2 Å². The van der Waals surface area contributed by atoms with E-state index in [1.165, 1.54) is 6.42 Å². The second-order valence-corrected chi connectivity index (χ2v) is 4.44. The first-order chi connectivity index (χ1) is 6.54. The molecule has 0 saturated carbocycles. The van der Waals surface area contributed by atoms with Crippen molar-refractivity contribution in [3.63, 3.8) is 0 Å². The molecule has 0 amide bonds. The van der Waals surface area contributed by atoms with Gasteiger partial charge >= 0.3 is 0 Å². The summed E-state index contributed by atoms with van der Waals surface area (Å²) in [4.78, 5) is 0. The smallest absolute Gasteiger partial charge is 0.0685 e. The maximum atomic E-state index is 8.63. The average molecular weight is 200 g/mol. The minimum absolute atomic E-state index is 0.0735. The fraction of sp³-hybridized carbons (Fsp3) is 0.833. The van der Waals surface area contributed by atoms with E-state index in [4.69, 9.17) is 9.84 Å². The van der Waals surface area contributed by atoms with E-state index >= 15 is 0 Å². The average Bonchev–Trinajstić information content (AvgIpc) is 2.15. The van der Waals surface area contributed by atoms with Crippen molar-refractivity contribution in [2.75, 3.05) is 13.7 Å². The van der Waals surface area contributed by atoms with Gasteiger partial charge in [-0.05, 0) is 32.1 Å². The standard InChI is InChI=1S/C12H24O2/c1-11(2)7-9-12(3,14-4)8-5-6-10-13/h5-6,11,13H,7-10H2,1-4H3/b6-5+. The van der Waals surface area contributed by atoms with Crippen molar-refractivity contribution in [2.45, 2.75) is 45.6 Å². The first-order valence-corrected chi connectivity index (χ1v) is 5.35. The molecule has 0 aromatic rings. The normalized spacial score (nSPS) is 16.4. The van der Waals surface area contributed by atoms with Gasteiger partial charge in [-0.1, -0.05) is 26.0 Å². The van der Waals surface area contributed by atoms with Crippen molar-refractivity contribution in [3.8, 4) is 0 Å².